The zero-order valence-corrected chi connectivity index (χ0v) is 12.8. The SMILES string of the molecule is Cc1cnc(C(C)NC2CCN(C(C)C)CC2)s1. The first kappa shape index (κ1) is 14.0. The van der Waals surface area contributed by atoms with E-state index in [-0.39, 0.29) is 0 Å². The number of hydrogen-bond acceptors (Lipinski definition) is 4. The highest BCUT2D eigenvalue weighted by Gasteiger charge is 2.22. The summed E-state index contributed by atoms with van der Waals surface area (Å²) in [4.78, 5) is 8.34. The fraction of sp³-hybridized carbons (Fsp3) is 0.786. The highest BCUT2D eigenvalue weighted by atomic mass is 32.1. The van der Waals surface area contributed by atoms with Gasteiger partial charge in [0.2, 0.25) is 0 Å². The van der Waals surface area contributed by atoms with Gasteiger partial charge in [-0.1, -0.05) is 0 Å². The number of nitrogens with zero attached hydrogens (tertiary/aromatic N) is 2. The van der Waals surface area contributed by atoms with Crippen molar-refractivity contribution in [1.29, 1.82) is 0 Å². The monoisotopic (exact) mass is 267 g/mol. The highest BCUT2D eigenvalue weighted by Crippen LogP contribution is 2.21. The van der Waals surface area contributed by atoms with Gasteiger partial charge in [0.1, 0.15) is 5.01 Å². The van der Waals surface area contributed by atoms with Gasteiger partial charge in [-0.15, -0.1) is 11.3 Å². The number of nitrogens with one attached hydrogen (secondary N) is 1. The van der Waals surface area contributed by atoms with Crippen LogP contribution in [0, 0.1) is 6.92 Å². The van der Waals surface area contributed by atoms with Crippen molar-refractivity contribution in [2.24, 2.45) is 0 Å². The number of aryl methyl sites for hydroxylation is 1. The molecule has 18 heavy (non-hydrogen) atoms. The van der Waals surface area contributed by atoms with Crippen molar-refractivity contribution in [2.45, 2.75) is 58.7 Å². The Hall–Kier alpha value is -0.450. The van der Waals surface area contributed by atoms with Gasteiger partial charge in [0.15, 0.2) is 0 Å². The van der Waals surface area contributed by atoms with Crippen LogP contribution in [-0.4, -0.2) is 35.1 Å². The van der Waals surface area contributed by atoms with Crippen LogP contribution in [0.3, 0.4) is 0 Å². The van der Waals surface area contributed by atoms with Gasteiger partial charge in [-0.3, -0.25) is 0 Å². The third kappa shape index (κ3) is 3.53. The highest BCUT2D eigenvalue weighted by molar-refractivity contribution is 7.11. The number of rotatable bonds is 4. The maximum absolute atomic E-state index is 4.47. The second-order valence-electron chi connectivity index (χ2n) is 5.60. The Morgan fingerprint density at radius 3 is 2.50 bits per heavy atom. The summed E-state index contributed by atoms with van der Waals surface area (Å²) in [5.41, 5.74) is 0. The Labute approximate surface area is 115 Å². The van der Waals surface area contributed by atoms with Crippen LogP contribution in [0.4, 0.5) is 0 Å². The van der Waals surface area contributed by atoms with E-state index in [1.807, 2.05) is 6.20 Å². The standard InChI is InChI=1S/C14H25N3S/c1-10(2)17-7-5-13(6-8-17)16-12(4)14-15-9-11(3)18-14/h9-10,12-13,16H,5-8H2,1-4H3. The largest absolute Gasteiger partial charge is 0.305 e. The number of piperidine rings is 1. The summed E-state index contributed by atoms with van der Waals surface area (Å²) < 4.78 is 0. The molecule has 0 radical (unpaired) electrons. The fourth-order valence-electron chi connectivity index (χ4n) is 2.58. The van der Waals surface area contributed by atoms with Crippen molar-refractivity contribution < 1.29 is 0 Å². The van der Waals surface area contributed by atoms with Crippen molar-refractivity contribution >= 4 is 11.3 Å². The molecule has 0 aliphatic carbocycles. The fourth-order valence-corrected chi connectivity index (χ4v) is 3.37. The minimum Gasteiger partial charge on any atom is -0.305 e. The molecule has 0 bridgehead atoms. The van der Waals surface area contributed by atoms with Crippen LogP contribution in [0.15, 0.2) is 6.20 Å². The second kappa shape index (κ2) is 6.13. The first-order chi connectivity index (χ1) is 8.56. The Morgan fingerprint density at radius 2 is 2.00 bits per heavy atom. The molecule has 2 heterocycles. The molecule has 4 heteroatoms. The van der Waals surface area contributed by atoms with Crippen molar-refractivity contribution in [3.05, 3.63) is 16.1 Å². The summed E-state index contributed by atoms with van der Waals surface area (Å²) >= 11 is 1.81. The molecule has 1 fully saturated rings. The predicted octanol–water partition coefficient (Wildman–Crippen LogP) is 2.97. The van der Waals surface area contributed by atoms with E-state index in [1.54, 1.807) is 11.3 Å². The molecular weight excluding hydrogens is 242 g/mol. The molecule has 0 amide bonds. The van der Waals surface area contributed by atoms with E-state index < -0.39 is 0 Å². The molecule has 0 aromatic carbocycles. The zero-order chi connectivity index (χ0) is 13.1. The van der Waals surface area contributed by atoms with Gasteiger partial charge >= 0.3 is 0 Å². The Kier molecular flexibility index (Phi) is 4.76. The molecule has 0 spiro atoms. The molecule has 102 valence electrons. The molecule has 1 aliphatic rings. The molecule has 1 saturated heterocycles. The second-order valence-corrected chi connectivity index (χ2v) is 6.87. The van der Waals surface area contributed by atoms with Gasteiger partial charge < -0.3 is 10.2 Å². The summed E-state index contributed by atoms with van der Waals surface area (Å²) in [6, 6.07) is 1.73. The van der Waals surface area contributed by atoms with E-state index in [1.165, 1.54) is 35.8 Å². The number of aromatic nitrogens is 1. The Bertz CT molecular complexity index is 367. The van der Waals surface area contributed by atoms with Crippen molar-refractivity contribution in [3.8, 4) is 0 Å². The minimum absolute atomic E-state index is 0.388. The first-order valence-corrected chi connectivity index (χ1v) is 7.80. The lowest BCUT2D eigenvalue weighted by atomic mass is 10.0. The molecular formula is C14H25N3S. The third-order valence-electron chi connectivity index (χ3n) is 3.76. The van der Waals surface area contributed by atoms with Crippen LogP contribution in [0.5, 0.6) is 0 Å². The molecule has 2 rings (SSSR count). The molecule has 1 aromatic heterocycles. The Morgan fingerprint density at radius 1 is 1.33 bits per heavy atom. The molecule has 0 saturated carbocycles. The summed E-state index contributed by atoms with van der Waals surface area (Å²) in [5, 5.41) is 4.95. The number of thiazole rings is 1. The van der Waals surface area contributed by atoms with Crippen molar-refractivity contribution in [2.75, 3.05) is 13.1 Å². The smallest absolute Gasteiger partial charge is 0.109 e. The molecule has 3 nitrogen and oxygen atoms in total. The summed E-state index contributed by atoms with van der Waals surface area (Å²) in [5.74, 6) is 0. The first-order valence-electron chi connectivity index (χ1n) is 6.98. The van der Waals surface area contributed by atoms with Crippen molar-refractivity contribution in [1.82, 2.24) is 15.2 Å². The molecule has 1 aromatic rings. The predicted molar refractivity (Wildman–Crippen MR) is 78.1 cm³/mol. The molecule has 1 unspecified atom stereocenters. The quantitative estimate of drug-likeness (QED) is 0.909. The zero-order valence-electron chi connectivity index (χ0n) is 11.9. The average molecular weight is 267 g/mol. The van der Waals surface area contributed by atoms with E-state index in [0.29, 0.717) is 18.1 Å². The van der Waals surface area contributed by atoms with Gasteiger partial charge in [0.05, 0.1) is 6.04 Å². The van der Waals surface area contributed by atoms with Crippen molar-refractivity contribution in [3.63, 3.8) is 0 Å². The lowest BCUT2D eigenvalue weighted by Gasteiger charge is -2.35. The lowest BCUT2D eigenvalue weighted by molar-refractivity contribution is 0.157. The van der Waals surface area contributed by atoms with E-state index in [9.17, 15) is 0 Å². The number of hydrogen-bond donors (Lipinski definition) is 1. The molecule has 1 N–H and O–H groups in total. The summed E-state index contributed by atoms with van der Waals surface area (Å²) in [7, 11) is 0. The van der Waals surface area contributed by atoms with Crippen LogP contribution in [0.1, 0.15) is 49.5 Å². The van der Waals surface area contributed by atoms with Gasteiger partial charge in [0.25, 0.3) is 0 Å². The third-order valence-corrected chi connectivity index (χ3v) is 4.85. The van der Waals surface area contributed by atoms with Gasteiger partial charge in [-0.25, -0.2) is 4.98 Å². The van der Waals surface area contributed by atoms with E-state index in [2.05, 4.69) is 42.9 Å². The van der Waals surface area contributed by atoms with E-state index in [4.69, 9.17) is 0 Å². The van der Waals surface area contributed by atoms with Crippen LogP contribution in [0.25, 0.3) is 0 Å². The lowest BCUT2D eigenvalue weighted by Crippen LogP contribution is -2.45. The normalized spacial score (nSPS) is 20.5. The van der Waals surface area contributed by atoms with Crippen LogP contribution < -0.4 is 5.32 Å². The summed E-state index contributed by atoms with van der Waals surface area (Å²) in [6.45, 7) is 11.4. The van der Waals surface area contributed by atoms with Crippen LogP contribution in [-0.2, 0) is 0 Å². The van der Waals surface area contributed by atoms with Gasteiger partial charge in [0, 0.05) is 23.2 Å². The van der Waals surface area contributed by atoms with Gasteiger partial charge in [-0.05, 0) is 53.6 Å². The number of likely N-dealkylation sites (tertiary alicyclic amines) is 1. The molecule has 1 atom stereocenters. The van der Waals surface area contributed by atoms with Crippen LogP contribution >= 0.6 is 11.3 Å². The minimum atomic E-state index is 0.388. The van der Waals surface area contributed by atoms with Gasteiger partial charge in [-0.2, -0.15) is 0 Å². The maximum atomic E-state index is 4.47. The maximum Gasteiger partial charge on any atom is 0.109 e. The van der Waals surface area contributed by atoms with E-state index in [0.717, 1.165) is 0 Å². The van der Waals surface area contributed by atoms with Crippen LogP contribution in [0.2, 0.25) is 0 Å². The Balaban J connectivity index is 1.81. The topological polar surface area (TPSA) is 28.2 Å². The molecule has 1 aliphatic heterocycles. The van der Waals surface area contributed by atoms with E-state index >= 15 is 0 Å². The average Bonchev–Trinajstić information content (AvgIpc) is 2.76. The summed E-state index contributed by atoms with van der Waals surface area (Å²) in [6.07, 6.45) is 4.49.